The molecule has 3 amide bonds. The monoisotopic (exact) mass is 390 g/mol. The standard InChI is InChI=1S/C17H12BrFN2O3/c18-10-5-6-12(19)11(9-10)17(24)20-13-3-1-2-4-14(13)21-15(22)7-8-16(21)23/h1-6,9H,7-8H2,(H,20,24). The van der Waals surface area contributed by atoms with Gasteiger partial charge in [-0.15, -0.1) is 0 Å². The molecule has 1 fully saturated rings. The minimum Gasteiger partial charge on any atom is -0.320 e. The van der Waals surface area contributed by atoms with Gasteiger partial charge in [-0.1, -0.05) is 28.1 Å². The van der Waals surface area contributed by atoms with E-state index in [4.69, 9.17) is 0 Å². The largest absolute Gasteiger partial charge is 0.320 e. The molecule has 0 radical (unpaired) electrons. The van der Waals surface area contributed by atoms with Crippen LogP contribution < -0.4 is 10.2 Å². The van der Waals surface area contributed by atoms with Gasteiger partial charge in [-0.25, -0.2) is 9.29 Å². The summed E-state index contributed by atoms with van der Waals surface area (Å²) in [6.07, 6.45) is 0.281. The first-order valence-corrected chi connectivity index (χ1v) is 7.98. The van der Waals surface area contributed by atoms with Gasteiger partial charge in [-0.2, -0.15) is 0 Å². The quantitative estimate of drug-likeness (QED) is 0.815. The first kappa shape index (κ1) is 16.3. The zero-order chi connectivity index (χ0) is 17.3. The van der Waals surface area contributed by atoms with Crippen LogP contribution in [0.15, 0.2) is 46.9 Å². The number of hydrogen-bond donors (Lipinski definition) is 1. The minimum atomic E-state index is -0.666. The van der Waals surface area contributed by atoms with E-state index in [2.05, 4.69) is 21.2 Å². The van der Waals surface area contributed by atoms with Gasteiger partial charge >= 0.3 is 0 Å². The average molecular weight is 391 g/mol. The van der Waals surface area contributed by atoms with Gasteiger partial charge < -0.3 is 5.32 Å². The van der Waals surface area contributed by atoms with E-state index in [9.17, 15) is 18.8 Å². The highest BCUT2D eigenvalue weighted by Gasteiger charge is 2.32. The zero-order valence-electron chi connectivity index (χ0n) is 12.4. The number of halogens is 2. The lowest BCUT2D eigenvalue weighted by Gasteiger charge is -2.18. The maximum atomic E-state index is 13.8. The lowest BCUT2D eigenvalue weighted by Crippen LogP contribution is -2.30. The van der Waals surface area contributed by atoms with Gasteiger partial charge in [0, 0.05) is 17.3 Å². The molecule has 2 aromatic rings. The number of hydrogen-bond acceptors (Lipinski definition) is 3. The Hall–Kier alpha value is -2.54. The molecule has 1 N–H and O–H groups in total. The van der Waals surface area contributed by atoms with Gasteiger partial charge in [-0.3, -0.25) is 14.4 Å². The van der Waals surface area contributed by atoms with Crippen LogP contribution in [0.1, 0.15) is 23.2 Å². The summed E-state index contributed by atoms with van der Waals surface area (Å²) in [7, 11) is 0. The number of para-hydroxylation sites is 2. The van der Waals surface area contributed by atoms with Crippen LogP contribution in [-0.2, 0) is 9.59 Å². The molecule has 24 heavy (non-hydrogen) atoms. The summed E-state index contributed by atoms with van der Waals surface area (Å²) in [5, 5.41) is 2.57. The Morgan fingerprint density at radius 2 is 1.75 bits per heavy atom. The number of benzene rings is 2. The molecule has 1 aliphatic rings. The molecule has 1 aliphatic heterocycles. The summed E-state index contributed by atoms with van der Waals surface area (Å²) in [6.45, 7) is 0. The Labute approximate surface area is 145 Å². The van der Waals surface area contributed by atoms with E-state index in [1.807, 2.05) is 0 Å². The summed E-state index contributed by atoms with van der Waals surface area (Å²) >= 11 is 3.19. The van der Waals surface area contributed by atoms with Gasteiger partial charge in [0.2, 0.25) is 11.8 Å². The molecule has 0 atom stereocenters. The highest BCUT2D eigenvalue weighted by molar-refractivity contribution is 9.10. The summed E-state index contributed by atoms with van der Waals surface area (Å²) in [4.78, 5) is 37.2. The topological polar surface area (TPSA) is 66.5 Å². The third-order valence-corrected chi connectivity index (χ3v) is 4.11. The third kappa shape index (κ3) is 3.07. The molecule has 122 valence electrons. The van der Waals surface area contributed by atoms with Gasteiger partial charge in [0.1, 0.15) is 5.82 Å². The average Bonchev–Trinajstić information content (AvgIpc) is 2.89. The van der Waals surface area contributed by atoms with Crippen molar-refractivity contribution in [1.29, 1.82) is 0 Å². The van der Waals surface area contributed by atoms with E-state index in [0.717, 1.165) is 4.90 Å². The van der Waals surface area contributed by atoms with E-state index in [-0.39, 0.29) is 41.6 Å². The fourth-order valence-corrected chi connectivity index (χ4v) is 2.84. The Balaban J connectivity index is 1.94. The van der Waals surface area contributed by atoms with Crippen LogP contribution in [0.3, 0.4) is 0 Å². The van der Waals surface area contributed by atoms with Crippen molar-refractivity contribution in [3.8, 4) is 0 Å². The summed E-state index contributed by atoms with van der Waals surface area (Å²) in [5.74, 6) is -1.98. The SMILES string of the molecule is O=C(Nc1ccccc1N1C(=O)CCC1=O)c1cc(Br)ccc1F. The molecule has 0 unspecified atom stereocenters. The molecule has 0 bridgehead atoms. The van der Waals surface area contributed by atoms with E-state index in [0.29, 0.717) is 4.47 Å². The Morgan fingerprint density at radius 1 is 1.08 bits per heavy atom. The second-order valence-corrected chi connectivity index (χ2v) is 6.13. The van der Waals surface area contributed by atoms with Crippen LogP contribution in [0.5, 0.6) is 0 Å². The normalized spacial score (nSPS) is 14.2. The molecule has 2 aromatic carbocycles. The summed E-state index contributed by atoms with van der Waals surface area (Å²) < 4.78 is 14.4. The highest BCUT2D eigenvalue weighted by atomic mass is 79.9. The van der Waals surface area contributed by atoms with Gasteiger partial charge in [-0.05, 0) is 30.3 Å². The number of nitrogens with one attached hydrogen (secondary N) is 1. The van der Waals surface area contributed by atoms with Crippen molar-refractivity contribution in [2.24, 2.45) is 0 Å². The summed E-state index contributed by atoms with van der Waals surface area (Å²) in [6, 6.07) is 10.5. The molecule has 5 nitrogen and oxygen atoms in total. The van der Waals surface area contributed by atoms with Gasteiger partial charge in [0.05, 0.1) is 16.9 Å². The van der Waals surface area contributed by atoms with E-state index >= 15 is 0 Å². The third-order valence-electron chi connectivity index (χ3n) is 3.62. The number of carbonyl (C=O) groups is 3. The number of nitrogens with zero attached hydrogens (tertiary/aromatic N) is 1. The molecular weight excluding hydrogens is 379 g/mol. The Kier molecular flexibility index (Phi) is 4.44. The smallest absolute Gasteiger partial charge is 0.258 e. The van der Waals surface area contributed by atoms with Crippen molar-refractivity contribution in [2.45, 2.75) is 12.8 Å². The maximum Gasteiger partial charge on any atom is 0.258 e. The number of imide groups is 1. The van der Waals surface area contributed by atoms with Crippen LogP contribution >= 0.6 is 15.9 Å². The molecular formula is C17H12BrFN2O3. The molecule has 7 heteroatoms. The summed E-state index contributed by atoms with van der Waals surface area (Å²) in [5.41, 5.74) is 0.414. The lowest BCUT2D eigenvalue weighted by molar-refractivity contribution is -0.121. The number of amides is 3. The fraction of sp³-hybridized carbons (Fsp3) is 0.118. The number of anilines is 2. The molecule has 0 spiro atoms. The van der Waals surface area contributed by atoms with Crippen LogP contribution in [0.4, 0.5) is 15.8 Å². The van der Waals surface area contributed by atoms with Crippen molar-refractivity contribution in [3.63, 3.8) is 0 Å². The Morgan fingerprint density at radius 3 is 2.46 bits per heavy atom. The number of rotatable bonds is 3. The predicted molar refractivity (Wildman–Crippen MR) is 90.2 cm³/mol. The highest BCUT2D eigenvalue weighted by Crippen LogP contribution is 2.30. The molecule has 3 rings (SSSR count). The minimum absolute atomic E-state index is 0.140. The van der Waals surface area contributed by atoms with Gasteiger partial charge in [0.15, 0.2) is 0 Å². The number of carbonyl (C=O) groups excluding carboxylic acids is 3. The van der Waals surface area contributed by atoms with Crippen LogP contribution in [-0.4, -0.2) is 17.7 Å². The van der Waals surface area contributed by atoms with Crippen molar-refractivity contribution >= 4 is 45.0 Å². The molecule has 1 saturated heterocycles. The molecule has 0 aliphatic carbocycles. The van der Waals surface area contributed by atoms with Crippen molar-refractivity contribution in [3.05, 3.63) is 58.3 Å². The van der Waals surface area contributed by atoms with E-state index in [1.54, 1.807) is 24.3 Å². The first-order valence-electron chi connectivity index (χ1n) is 7.18. The lowest BCUT2D eigenvalue weighted by atomic mass is 10.2. The second kappa shape index (κ2) is 6.52. The van der Waals surface area contributed by atoms with Crippen LogP contribution in [0, 0.1) is 5.82 Å². The zero-order valence-corrected chi connectivity index (χ0v) is 14.0. The maximum absolute atomic E-state index is 13.8. The van der Waals surface area contributed by atoms with Crippen molar-refractivity contribution in [2.75, 3.05) is 10.2 Å². The first-order chi connectivity index (χ1) is 11.5. The molecule has 0 aromatic heterocycles. The Bertz CT molecular complexity index is 837. The van der Waals surface area contributed by atoms with E-state index in [1.165, 1.54) is 18.2 Å². The second-order valence-electron chi connectivity index (χ2n) is 5.22. The molecule has 0 saturated carbocycles. The van der Waals surface area contributed by atoms with Crippen LogP contribution in [0.25, 0.3) is 0 Å². The predicted octanol–water partition coefficient (Wildman–Crippen LogP) is 3.49. The van der Waals surface area contributed by atoms with Crippen LogP contribution in [0.2, 0.25) is 0 Å². The van der Waals surface area contributed by atoms with E-state index < -0.39 is 11.7 Å². The van der Waals surface area contributed by atoms with Gasteiger partial charge in [0.25, 0.3) is 5.91 Å². The fourth-order valence-electron chi connectivity index (χ4n) is 2.48. The van der Waals surface area contributed by atoms with Crippen molar-refractivity contribution in [1.82, 2.24) is 0 Å². The molecule has 1 heterocycles. The van der Waals surface area contributed by atoms with Crippen molar-refractivity contribution < 1.29 is 18.8 Å².